The third-order valence-corrected chi connectivity index (χ3v) is 4.99. The number of aryl methyl sites for hydroxylation is 2. The van der Waals surface area contributed by atoms with Gasteiger partial charge in [-0.3, -0.25) is 0 Å². The molecule has 7 heteroatoms. The van der Waals surface area contributed by atoms with E-state index in [9.17, 15) is 13.2 Å². The van der Waals surface area contributed by atoms with Gasteiger partial charge in [0, 0.05) is 6.07 Å². The van der Waals surface area contributed by atoms with Gasteiger partial charge in [0.1, 0.15) is 11.5 Å². The number of nitrogens with zero attached hydrogens (tertiary/aromatic N) is 1. The van der Waals surface area contributed by atoms with Crippen LogP contribution >= 0.6 is 0 Å². The first-order chi connectivity index (χ1) is 9.70. The summed E-state index contributed by atoms with van der Waals surface area (Å²) in [6.45, 7) is 5.01. The molecule has 0 unspecified atom stereocenters. The van der Waals surface area contributed by atoms with Crippen LogP contribution in [-0.4, -0.2) is 24.7 Å². The quantitative estimate of drug-likeness (QED) is 0.930. The van der Waals surface area contributed by atoms with Crippen molar-refractivity contribution in [1.82, 2.24) is 5.16 Å². The van der Waals surface area contributed by atoms with Gasteiger partial charge in [-0.25, -0.2) is 13.2 Å². The lowest BCUT2D eigenvalue weighted by molar-refractivity contribution is 0.0696. The van der Waals surface area contributed by atoms with E-state index in [4.69, 9.17) is 9.63 Å². The van der Waals surface area contributed by atoms with Crippen molar-refractivity contribution >= 4 is 15.8 Å². The molecule has 1 aromatic carbocycles. The van der Waals surface area contributed by atoms with Crippen molar-refractivity contribution < 1.29 is 22.8 Å². The largest absolute Gasteiger partial charge is 0.478 e. The number of aromatic nitrogens is 1. The molecule has 0 amide bonds. The summed E-state index contributed by atoms with van der Waals surface area (Å²) in [5.74, 6) is -0.965. The summed E-state index contributed by atoms with van der Waals surface area (Å²) in [6, 6.07) is 4.19. The van der Waals surface area contributed by atoms with Crippen LogP contribution in [0.3, 0.4) is 0 Å². The molecule has 0 fully saturated rings. The monoisotopic (exact) mass is 309 g/mol. The van der Waals surface area contributed by atoms with Crippen molar-refractivity contribution in [2.45, 2.75) is 31.4 Å². The molecule has 21 heavy (non-hydrogen) atoms. The summed E-state index contributed by atoms with van der Waals surface area (Å²) >= 11 is 0. The molecule has 0 radical (unpaired) electrons. The third kappa shape index (κ3) is 3.13. The van der Waals surface area contributed by atoms with Gasteiger partial charge in [0.15, 0.2) is 9.84 Å². The second kappa shape index (κ2) is 5.33. The van der Waals surface area contributed by atoms with Gasteiger partial charge in [0.05, 0.1) is 16.2 Å². The predicted molar refractivity (Wildman–Crippen MR) is 75.0 cm³/mol. The maximum absolute atomic E-state index is 12.5. The fourth-order valence-electron chi connectivity index (χ4n) is 2.03. The highest BCUT2D eigenvalue weighted by Gasteiger charge is 2.22. The highest BCUT2D eigenvalue weighted by Crippen LogP contribution is 2.24. The van der Waals surface area contributed by atoms with E-state index in [0.717, 1.165) is 0 Å². The van der Waals surface area contributed by atoms with Gasteiger partial charge >= 0.3 is 5.97 Å². The van der Waals surface area contributed by atoms with E-state index in [1.807, 2.05) is 0 Å². The molecule has 0 saturated carbocycles. The summed E-state index contributed by atoms with van der Waals surface area (Å²) in [7, 11) is -3.70. The van der Waals surface area contributed by atoms with E-state index < -0.39 is 15.8 Å². The highest BCUT2D eigenvalue weighted by molar-refractivity contribution is 7.90. The molecule has 0 bridgehead atoms. The van der Waals surface area contributed by atoms with Gasteiger partial charge < -0.3 is 9.63 Å². The van der Waals surface area contributed by atoms with E-state index in [1.54, 1.807) is 26.8 Å². The summed E-state index contributed by atoms with van der Waals surface area (Å²) in [6.07, 6.45) is 0. The Morgan fingerprint density at radius 2 is 1.90 bits per heavy atom. The molecule has 0 spiro atoms. The Morgan fingerprint density at radius 3 is 2.43 bits per heavy atom. The lowest BCUT2D eigenvalue weighted by Crippen LogP contribution is -2.10. The number of carboxylic acid groups (broad SMARTS) is 1. The SMILES string of the molecule is Cc1cc(CS(=O)(=O)c2cc(C(=O)O)cc(C)c2C)no1. The van der Waals surface area contributed by atoms with E-state index in [0.29, 0.717) is 22.6 Å². The van der Waals surface area contributed by atoms with Crippen molar-refractivity contribution in [1.29, 1.82) is 0 Å². The number of benzene rings is 1. The molecule has 0 aliphatic carbocycles. The van der Waals surface area contributed by atoms with Crippen molar-refractivity contribution in [3.63, 3.8) is 0 Å². The molecule has 6 nitrogen and oxygen atoms in total. The zero-order valence-electron chi connectivity index (χ0n) is 11.9. The highest BCUT2D eigenvalue weighted by atomic mass is 32.2. The number of carbonyl (C=O) groups is 1. The molecular formula is C14H15NO5S. The molecular weight excluding hydrogens is 294 g/mol. The number of sulfone groups is 1. The van der Waals surface area contributed by atoms with Crippen LogP contribution in [0.25, 0.3) is 0 Å². The van der Waals surface area contributed by atoms with Gasteiger partial charge in [-0.15, -0.1) is 0 Å². The van der Waals surface area contributed by atoms with Crippen LogP contribution < -0.4 is 0 Å². The predicted octanol–water partition coefficient (Wildman–Crippen LogP) is 2.27. The Kier molecular flexibility index (Phi) is 3.87. The standard InChI is InChI=1S/C14H15NO5S/c1-8-4-11(14(16)17)6-13(10(8)3)21(18,19)7-12-5-9(2)20-15-12/h4-6H,7H2,1-3H3,(H,16,17). The van der Waals surface area contributed by atoms with Crippen LogP contribution in [0.5, 0.6) is 0 Å². The summed E-state index contributed by atoms with van der Waals surface area (Å²) in [4.78, 5) is 11.1. The molecule has 1 heterocycles. The van der Waals surface area contributed by atoms with Gasteiger partial charge in [0.2, 0.25) is 0 Å². The Labute approximate surface area is 122 Å². The molecule has 2 aromatic rings. The smallest absolute Gasteiger partial charge is 0.335 e. The number of rotatable bonds is 4. The minimum atomic E-state index is -3.70. The third-order valence-electron chi connectivity index (χ3n) is 3.22. The number of hydrogen-bond acceptors (Lipinski definition) is 5. The molecule has 2 rings (SSSR count). The van der Waals surface area contributed by atoms with Crippen LogP contribution in [-0.2, 0) is 15.6 Å². The zero-order chi connectivity index (χ0) is 15.8. The molecule has 0 aliphatic heterocycles. The molecule has 1 N–H and O–H groups in total. The second-order valence-corrected chi connectivity index (χ2v) is 6.87. The summed E-state index contributed by atoms with van der Waals surface area (Å²) in [5.41, 5.74) is 1.41. The normalized spacial score (nSPS) is 11.6. The average Bonchev–Trinajstić information content (AvgIpc) is 2.76. The lowest BCUT2D eigenvalue weighted by atomic mass is 10.1. The first kappa shape index (κ1) is 15.2. The van der Waals surface area contributed by atoms with Crippen LogP contribution in [0.2, 0.25) is 0 Å². The maximum atomic E-state index is 12.5. The minimum absolute atomic E-state index is 0.0144. The first-order valence-electron chi connectivity index (χ1n) is 6.20. The van der Waals surface area contributed by atoms with E-state index in [-0.39, 0.29) is 16.2 Å². The fraction of sp³-hybridized carbons (Fsp3) is 0.286. The molecule has 0 atom stereocenters. The lowest BCUT2D eigenvalue weighted by Gasteiger charge is -2.10. The van der Waals surface area contributed by atoms with Crippen LogP contribution in [0.1, 0.15) is 32.9 Å². The van der Waals surface area contributed by atoms with Gasteiger partial charge in [0.25, 0.3) is 0 Å². The average molecular weight is 309 g/mol. The molecule has 112 valence electrons. The number of carboxylic acids is 1. The molecule has 0 saturated heterocycles. The summed E-state index contributed by atoms with van der Waals surface area (Å²) in [5, 5.41) is 12.7. The van der Waals surface area contributed by atoms with E-state index in [2.05, 4.69) is 5.16 Å². The number of hydrogen-bond donors (Lipinski definition) is 1. The Bertz CT molecular complexity index is 805. The van der Waals surface area contributed by atoms with Crippen LogP contribution in [0, 0.1) is 20.8 Å². The maximum Gasteiger partial charge on any atom is 0.335 e. The van der Waals surface area contributed by atoms with Crippen LogP contribution in [0.15, 0.2) is 27.6 Å². The minimum Gasteiger partial charge on any atom is -0.478 e. The second-order valence-electron chi connectivity index (χ2n) is 4.91. The van der Waals surface area contributed by atoms with Gasteiger partial charge in [-0.05, 0) is 44.0 Å². The van der Waals surface area contributed by atoms with Crippen molar-refractivity contribution in [2.24, 2.45) is 0 Å². The first-order valence-corrected chi connectivity index (χ1v) is 7.85. The van der Waals surface area contributed by atoms with E-state index >= 15 is 0 Å². The molecule has 0 aliphatic rings. The summed E-state index contributed by atoms with van der Waals surface area (Å²) < 4.78 is 29.8. The Balaban J connectivity index is 2.51. The van der Waals surface area contributed by atoms with Gasteiger partial charge in [-0.1, -0.05) is 5.16 Å². The Hall–Kier alpha value is -2.15. The Morgan fingerprint density at radius 1 is 1.24 bits per heavy atom. The molecule has 1 aromatic heterocycles. The van der Waals surface area contributed by atoms with Crippen molar-refractivity contribution in [3.8, 4) is 0 Å². The van der Waals surface area contributed by atoms with Gasteiger partial charge in [-0.2, -0.15) is 0 Å². The fourth-order valence-corrected chi connectivity index (χ4v) is 3.65. The van der Waals surface area contributed by atoms with Crippen molar-refractivity contribution in [2.75, 3.05) is 0 Å². The van der Waals surface area contributed by atoms with Crippen molar-refractivity contribution in [3.05, 3.63) is 46.3 Å². The number of aromatic carboxylic acids is 1. The van der Waals surface area contributed by atoms with Crippen LogP contribution in [0.4, 0.5) is 0 Å². The van der Waals surface area contributed by atoms with E-state index in [1.165, 1.54) is 12.1 Å². The topological polar surface area (TPSA) is 97.5 Å². The zero-order valence-corrected chi connectivity index (χ0v) is 12.7.